The van der Waals surface area contributed by atoms with Crippen molar-refractivity contribution in [3.8, 4) is 0 Å². The summed E-state index contributed by atoms with van der Waals surface area (Å²) in [6.45, 7) is 2.61. The number of hydrogen-bond donors (Lipinski definition) is 2. The van der Waals surface area contributed by atoms with Gasteiger partial charge in [0.05, 0.1) is 0 Å². The number of anilines is 1. The summed E-state index contributed by atoms with van der Waals surface area (Å²) in [5.41, 5.74) is 2.09. The maximum Gasteiger partial charge on any atom is 0.172 e. The zero-order valence-electron chi connectivity index (χ0n) is 10.1. The van der Waals surface area contributed by atoms with Crippen LogP contribution in [0.15, 0.2) is 42.7 Å². The standard InChI is InChI=1S/C13H14N4S/c1-10-3-2-4-12(16-10)17-13(18)15-9-11-5-7-14-8-6-11/h2-8H,9H2,1H3,(H2,15,16,17,18). The Kier molecular flexibility index (Phi) is 4.20. The lowest BCUT2D eigenvalue weighted by atomic mass is 10.3. The van der Waals surface area contributed by atoms with Crippen LogP contribution in [-0.2, 0) is 6.54 Å². The highest BCUT2D eigenvalue weighted by Crippen LogP contribution is 2.03. The predicted octanol–water partition coefficient (Wildman–Crippen LogP) is 2.27. The van der Waals surface area contributed by atoms with Crippen molar-refractivity contribution in [3.63, 3.8) is 0 Å². The van der Waals surface area contributed by atoms with Crippen LogP contribution in [0.3, 0.4) is 0 Å². The van der Waals surface area contributed by atoms with Gasteiger partial charge in [0.1, 0.15) is 5.82 Å². The molecule has 0 amide bonds. The van der Waals surface area contributed by atoms with Crippen molar-refractivity contribution in [1.29, 1.82) is 0 Å². The molecule has 2 N–H and O–H groups in total. The first kappa shape index (κ1) is 12.4. The van der Waals surface area contributed by atoms with Crippen LogP contribution in [-0.4, -0.2) is 15.1 Å². The lowest BCUT2D eigenvalue weighted by Gasteiger charge is -2.10. The monoisotopic (exact) mass is 258 g/mol. The predicted molar refractivity (Wildman–Crippen MR) is 76.3 cm³/mol. The fraction of sp³-hybridized carbons (Fsp3) is 0.154. The summed E-state index contributed by atoms with van der Waals surface area (Å²) in [4.78, 5) is 8.28. The summed E-state index contributed by atoms with van der Waals surface area (Å²) in [6.07, 6.45) is 3.52. The summed E-state index contributed by atoms with van der Waals surface area (Å²) in [6, 6.07) is 9.66. The summed E-state index contributed by atoms with van der Waals surface area (Å²) in [7, 11) is 0. The molecule has 2 rings (SSSR count). The van der Waals surface area contributed by atoms with Crippen LogP contribution in [0.2, 0.25) is 0 Å². The molecule has 0 spiro atoms. The largest absolute Gasteiger partial charge is 0.358 e. The SMILES string of the molecule is Cc1cccc(NC(=S)NCc2ccncc2)n1. The van der Waals surface area contributed by atoms with Crippen molar-refractivity contribution < 1.29 is 0 Å². The Balaban J connectivity index is 1.86. The maximum atomic E-state index is 5.20. The van der Waals surface area contributed by atoms with Gasteiger partial charge in [-0.05, 0) is 49.0 Å². The fourth-order valence-corrected chi connectivity index (χ4v) is 1.63. The molecule has 2 aromatic heterocycles. The third-order valence-electron chi connectivity index (χ3n) is 2.33. The van der Waals surface area contributed by atoms with Gasteiger partial charge in [0.25, 0.3) is 0 Å². The first-order valence-electron chi connectivity index (χ1n) is 5.61. The number of aromatic nitrogens is 2. The van der Waals surface area contributed by atoms with E-state index < -0.39 is 0 Å². The van der Waals surface area contributed by atoms with Crippen LogP contribution in [0.5, 0.6) is 0 Å². The van der Waals surface area contributed by atoms with Crippen molar-refractivity contribution in [2.45, 2.75) is 13.5 Å². The molecule has 0 fully saturated rings. The van der Waals surface area contributed by atoms with E-state index in [1.54, 1.807) is 12.4 Å². The van der Waals surface area contributed by atoms with Crippen molar-refractivity contribution in [2.75, 3.05) is 5.32 Å². The van der Waals surface area contributed by atoms with Gasteiger partial charge in [0.15, 0.2) is 5.11 Å². The molecule has 0 atom stereocenters. The second kappa shape index (κ2) is 6.07. The molecule has 0 unspecified atom stereocenters. The number of nitrogens with one attached hydrogen (secondary N) is 2. The normalized spacial score (nSPS) is 9.83. The molecule has 5 heteroatoms. The van der Waals surface area contributed by atoms with Gasteiger partial charge in [-0.1, -0.05) is 6.07 Å². The Labute approximate surface area is 111 Å². The third kappa shape index (κ3) is 3.78. The molecular formula is C13H14N4S. The number of aryl methyl sites for hydroxylation is 1. The van der Waals surface area contributed by atoms with E-state index in [0.29, 0.717) is 11.7 Å². The Morgan fingerprint density at radius 1 is 1.22 bits per heavy atom. The van der Waals surface area contributed by atoms with Gasteiger partial charge in [-0.25, -0.2) is 4.98 Å². The lowest BCUT2D eigenvalue weighted by Crippen LogP contribution is -2.28. The second-order valence-corrected chi connectivity index (χ2v) is 4.24. The molecule has 0 aliphatic rings. The Hall–Kier alpha value is -2.01. The minimum Gasteiger partial charge on any atom is -0.358 e. The molecule has 0 bridgehead atoms. The van der Waals surface area contributed by atoms with Crippen molar-refractivity contribution in [1.82, 2.24) is 15.3 Å². The van der Waals surface area contributed by atoms with Gasteiger partial charge in [0, 0.05) is 24.6 Å². The maximum absolute atomic E-state index is 5.20. The second-order valence-electron chi connectivity index (χ2n) is 3.83. The molecule has 0 saturated heterocycles. The van der Waals surface area contributed by atoms with Gasteiger partial charge in [-0.2, -0.15) is 0 Å². The highest BCUT2D eigenvalue weighted by atomic mass is 32.1. The molecule has 4 nitrogen and oxygen atoms in total. The van der Waals surface area contributed by atoms with Crippen molar-refractivity contribution in [2.24, 2.45) is 0 Å². The Morgan fingerprint density at radius 3 is 2.72 bits per heavy atom. The van der Waals surface area contributed by atoms with E-state index in [1.165, 1.54) is 0 Å². The fourth-order valence-electron chi connectivity index (χ4n) is 1.46. The van der Waals surface area contributed by atoms with Gasteiger partial charge < -0.3 is 10.6 Å². The summed E-state index contributed by atoms with van der Waals surface area (Å²) >= 11 is 5.20. The summed E-state index contributed by atoms with van der Waals surface area (Å²) in [5, 5.41) is 6.73. The van der Waals surface area contributed by atoms with Gasteiger partial charge in [0.2, 0.25) is 0 Å². The number of thiocarbonyl (C=S) groups is 1. The van der Waals surface area contributed by atoms with Crippen molar-refractivity contribution >= 4 is 23.1 Å². The molecule has 18 heavy (non-hydrogen) atoms. The zero-order valence-corrected chi connectivity index (χ0v) is 10.9. The van der Waals surface area contributed by atoms with Crippen molar-refractivity contribution in [3.05, 3.63) is 54.0 Å². The number of pyridine rings is 2. The van der Waals surface area contributed by atoms with E-state index in [4.69, 9.17) is 12.2 Å². The minimum atomic E-state index is 0.560. The highest BCUT2D eigenvalue weighted by Gasteiger charge is 1.99. The van der Waals surface area contributed by atoms with Crippen LogP contribution in [0, 0.1) is 6.92 Å². The van der Waals surface area contributed by atoms with Crippen LogP contribution in [0.25, 0.3) is 0 Å². The molecule has 92 valence electrons. The van der Waals surface area contributed by atoms with E-state index in [0.717, 1.165) is 17.1 Å². The average molecular weight is 258 g/mol. The van der Waals surface area contributed by atoms with Gasteiger partial charge in [-0.3, -0.25) is 4.98 Å². The third-order valence-corrected chi connectivity index (χ3v) is 2.58. The first-order chi connectivity index (χ1) is 8.74. The number of hydrogen-bond acceptors (Lipinski definition) is 3. The van der Waals surface area contributed by atoms with Crippen LogP contribution < -0.4 is 10.6 Å². The van der Waals surface area contributed by atoms with E-state index in [1.807, 2.05) is 37.3 Å². The average Bonchev–Trinajstić information content (AvgIpc) is 2.38. The molecule has 0 radical (unpaired) electrons. The molecule has 0 saturated carbocycles. The summed E-state index contributed by atoms with van der Waals surface area (Å²) in [5.74, 6) is 0.752. The molecule has 2 aromatic rings. The zero-order chi connectivity index (χ0) is 12.8. The summed E-state index contributed by atoms with van der Waals surface area (Å²) < 4.78 is 0. The van der Waals surface area contributed by atoms with Crippen LogP contribution in [0.4, 0.5) is 5.82 Å². The quantitative estimate of drug-likeness (QED) is 0.827. The molecular weight excluding hydrogens is 244 g/mol. The number of nitrogens with zero attached hydrogens (tertiary/aromatic N) is 2. The molecule has 0 aliphatic heterocycles. The van der Waals surface area contributed by atoms with E-state index in [2.05, 4.69) is 20.6 Å². The molecule has 2 heterocycles. The lowest BCUT2D eigenvalue weighted by molar-refractivity contribution is 0.920. The molecule has 0 aliphatic carbocycles. The Morgan fingerprint density at radius 2 is 2.00 bits per heavy atom. The minimum absolute atomic E-state index is 0.560. The molecule has 0 aromatic carbocycles. The Bertz CT molecular complexity index is 528. The van der Waals surface area contributed by atoms with Crippen LogP contribution >= 0.6 is 12.2 Å². The topological polar surface area (TPSA) is 49.8 Å². The first-order valence-corrected chi connectivity index (χ1v) is 6.02. The van der Waals surface area contributed by atoms with Gasteiger partial charge in [-0.15, -0.1) is 0 Å². The smallest absolute Gasteiger partial charge is 0.172 e. The van der Waals surface area contributed by atoms with E-state index in [9.17, 15) is 0 Å². The van der Waals surface area contributed by atoms with E-state index >= 15 is 0 Å². The van der Waals surface area contributed by atoms with Crippen LogP contribution in [0.1, 0.15) is 11.3 Å². The van der Waals surface area contributed by atoms with E-state index in [-0.39, 0.29) is 0 Å². The highest BCUT2D eigenvalue weighted by molar-refractivity contribution is 7.80. The number of rotatable bonds is 3. The van der Waals surface area contributed by atoms with Gasteiger partial charge >= 0.3 is 0 Å².